The fourth-order valence-corrected chi connectivity index (χ4v) is 2.46. The van der Waals surface area contributed by atoms with Crippen LogP contribution in [-0.2, 0) is 25.5 Å². The lowest BCUT2D eigenvalue weighted by atomic mass is 10.1. The highest BCUT2D eigenvalue weighted by atomic mass is 19.1. The number of unbranched alkanes of at least 4 members (excludes halogenated alkanes) is 1. The minimum Gasteiger partial charge on any atom is -0.494 e. The molecule has 0 saturated heterocycles. The molecule has 0 unspecified atom stereocenters. The zero-order valence-corrected chi connectivity index (χ0v) is 16.9. The van der Waals surface area contributed by atoms with Gasteiger partial charge in [-0.1, -0.05) is 19.4 Å². The first-order valence-electron chi connectivity index (χ1n) is 9.48. The molecule has 7 nitrogen and oxygen atoms in total. The quantitative estimate of drug-likeness (QED) is 0.470. The largest absolute Gasteiger partial charge is 0.494 e. The highest BCUT2D eigenvalue weighted by Crippen LogP contribution is 2.18. The van der Waals surface area contributed by atoms with Gasteiger partial charge < -0.3 is 19.5 Å². The third-order valence-electron chi connectivity index (χ3n) is 4.06. The second kappa shape index (κ2) is 11.5. The summed E-state index contributed by atoms with van der Waals surface area (Å²) in [4.78, 5) is 35.6. The van der Waals surface area contributed by atoms with E-state index in [1.54, 1.807) is 12.1 Å². The number of methoxy groups -OCH3 is 1. The minimum absolute atomic E-state index is 0.0757. The van der Waals surface area contributed by atoms with Gasteiger partial charge in [-0.15, -0.1) is 0 Å². The van der Waals surface area contributed by atoms with Crippen molar-refractivity contribution >= 4 is 23.5 Å². The Bertz CT molecular complexity index is 882. The molecule has 0 atom stereocenters. The first kappa shape index (κ1) is 22.9. The van der Waals surface area contributed by atoms with Gasteiger partial charge >= 0.3 is 11.9 Å². The molecule has 8 heteroatoms. The molecule has 0 fully saturated rings. The molecule has 160 valence electrons. The van der Waals surface area contributed by atoms with Crippen LogP contribution in [0.25, 0.3) is 0 Å². The molecular weight excluding hydrogens is 393 g/mol. The molecule has 1 amide bonds. The fraction of sp³-hybridized carbons (Fsp3) is 0.318. The van der Waals surface area contributed by atoms with Gasteiger partial charge in [0, 0.05) is 5.69 Å². The first-order valence-corrected chi connectivity index (χ1v) is 9.48. The van der Waals surface area contributed by atoms with Crippen molar-refractivity contribution < 1.29 is 33.0 Å². The highest BCUT2D eigenvalue weighted by Gasteiger charge is 2.12. The lowest BCUT2D eigenvalue weighted by Crippen LogP contribution is -2.21. The van der Waals surface area contributed by atoms with Crippen molar-refractivity contribution in [3.63, 3.8) is 0 Å². The maximum Gasteiger partial charge on any atom is 0.338 e. The van der Waals surface area contributed by atoms with E-state index >= 15 is 0 Å². The fourth-order valence-electron chi connectivity index (χ4n) is 2.46. The molecule has 0 spiro atoms. The highest BCUT2D eigenvalue weighted by molar-refractivity contribution is 5.94. The van der Waals surface area contributed by atoms with E-state index in [0.29, 0.717) is 23.4 Å². The molecule has 2 aromatic carbocycles. The standard InChI is InChI=1S/C22H24FNO6/c1-3-4-11-29-22(27)16-6-8-17(9-7-16)24-20(25)14-30-21(26)13-15-5-10-19(28-2)18(23)12-15/h5-10,12H,3-4,11,13-14H2,1-2H3,(H,24,25). The minimum atomic E-state index is -0.667. The number of amides is 1. The topological polar surface area (TPSA) is 90.9 Å². The Balaban J connectivity index is 1.78. The van der Waals surface area contributed by atoms with Gasteiger partial charge in [-0.25, -0.2) is 9.18 Å². The third-order valence-corrected chi connectivity index (χ3v) is 4.06. The number of benzene rings is 2. The SMILES string of the molecule is CCCCOC(=O)c1ccc(NC(=O)COC(=O)Cc2ccc(OC)c(F)c2)cc1. The van der Waals surface area contributed by atoms with Crippen LogP contribution in [0.1, 0.15) is 35.7 Å². The maximum absolute atomic E-state index is 13.6. The van der Waals surface area contributed by atoms with Crippen molar-refractivity contribution in [3.8, 4) is 5.75 Å². The zero-order valence-electron chi connectivity index (χ0n) is 16.9. The molecule has 0 aliphatic rings. The van der Waals surface area contributed by atoms with Crippen molar-refractivity contribution in [2.45, 2.75) is 26.2 Å². The van der Waals surface area contributed by atoms with Gasteiger partial charge in [0.25, 0.3) is 5.91 Å². The number of carbonyl (C=O) groups excluding carboxylic acids is 3. The number of hydrogen-bond donors (Lipinski definition) is 1. The molecule has 0 radical (unpaired) electrons. The maximum atomic E-state index is 13.6. The van der Waals surface area contributed by atoms with Crippen LogP contribution >= 0.6 is 0 Å². The van der Waals surface area contributed by atoms with E-state index in [-0.39, 0.29) is 12.2 Å². The summed E-state index contributed by atoms with van der Waals surface area (Å²) in [6.07, 6.45) is 1.55. The predicted molar refractivity (Wildman–Crippen MR) is 108 cm³/mol. The van der Waals surface area contributed by atoms with E-state index in [0.717, 1.165) is 12.8 Å². The van der Waals surface area contributed by atoms with E-state index in [1.807, 2.05) is 6.92 Å². The zero-order chi connectivity index (χ0) is 21.9. The Morgan fingerprint density at radius 2 is 1.77 bits per heavy atom. The number of esters is 2. The van der Waals surface area contributed by atoms with E-state index in [2.05, 4.69) is 5.32 Å². The Morgan fingerprint density at radius 3 is 2.40 bits per heavy atom. The summed E-state index contributed by atoms with van der Waals surface area (Å²) in [5.74, 6) is -2.14. The lowest BCUT2D eigenvalue weighted by molar-refractivity contribution is -0.146. The van der Waals surface area contributed by atoms with Crippen LogP contribution in [0.4, 0.5) is 10.1 Å². The second-order valence-electron chi connectivity index (χ2n) is 6.42. The summed E-state index contributed by atoms with van der Waals surface area (Å²) in [6, 6.07) is 10.3. The second-order valence-corrected chi connectivity index (χ2v) is 6.42. The Hall–Kier alpha value is -3.42. The molecule has 0 aliphatic carbocycles. The Kier molecular flexibility index (Phi) is 8.80. The average molecular weight is 417 g/mol. The molecule has 30 heavy (non-hydrogen) atoms. The van der Waals surface area contributed by atoms with Crippen molar-refractivity contribution in [2.24, 2.45) is 0 Å². The molecular formula is C22H24FNO6. The molecule has 0 bridgehead atoms. The van der Waals surface area contributed by atoms with Crippen molar-refractivity contribution in [1.82, 2.24) is 0 Å². The molecule has 2 aromatic rings. The van der Waals surface area contributed by atoms with Crippen LogP contribution < -0.4 is 10.1 Å². The molecule has 0 saturated carbocycles. The van der Waals surface area contributed by atoms with E-state index in [4.69, 9.17) is 14.2 Å². The van der Waals surface area contributed by atoms with Gasteiger partial charge in [-0.3, -0.25) is 9.59 Å². The van der Waals surface area contributed by atoms with Crippen LogP contribution in [0, 0.1) is 5.82 Å². The number of rotatable bonds is 10. The number of ether oxygens (including phenoxy) is 3. The van der Waals surface area contributed by atoms with Gasteiger partial charge in [0.2, 0.25) is 0 Å². The molecule has 0 aliphatic heterocycles. The van der Waals surface area contributed by atoms with E-state index < -0.39 is 30.3 Å². The van der Waals surface area contributed by atoms with Gasteiger partial charge in [-0.05, 0) is 48.4 Å². The summed E-state index contributed by atoms with van der Waals surface area (Å²) in [5.41, 5.74) is 1.22. The molecule has 0 aromatic heterocycles. The summed E-state index contributed by atoms with van der Waals surface area (Å²) in [6.45, 7) is 1.88. The van der Waals surface area contributed by atoms with Gasteiger partial charge in [0.1, 0.15) is 0 Å². The van der Waals surface area contributed by atoms with Crippen molar-refractivity contribution in [3.05, 3.63) is 59.4 Å². The van der Waals surface area contributed by atoms with Crippen LogP contribution in [0.5, 0.6) is 5.75 Å². The Labute approximate surface area is 174 Å². The van der Waals surface area contributed by atoms with Crippen molar-refractivity contribution in [1.29, 1.82) is 0 Å². The summed E-state index contributed by atoms with van der Waals surface area (Å²) in [5, 5.41) is 2.56. The normalized spacial score (nSPS) is 10.2. The molecule has 0 heterocycles. The van der Waals surface area contributed by atoms with E-state index in [9.17, 15) is 18.8 Å². The lowest BCUT2D eigenvalue weighted by Gasteiger charge is -2.08. The Morgan fingerprint density at radius 1 is 1.03 bits per heavy atom. The third kappa shape index (κ3) is 7.20. The van der Waals surface area contributed by atoms with Gasteiger partial charge in [-0.2, -0.15) is 0 Å². The number of carbonyl (C=O) groups is 3. The summed E-state index contributed by atoms with van der Waals surface area (Å²) >= 11 is 0. The van der Waals surface area contributed by atoms with Gasteiger partial charge in [0.15, 0.2) is 18.2 Å². The van der Waals surface area contributed by atoms with Gasteiger partial charge in [0.05, 0.1) is 25.7 Å². The van der Waals surface area contributed by atoms with Crippen LogP contribution in [0.2, 0.25) is 0 Å². The van der Waals surface area contributed by atoms with Crippen LogP contribution in [-0.4, -0.2) is 38.2 Å². The number of anilines is 1. The summed E-state index contributed by atoms with van der Waals surface area (Å²) in [7, 11) is 1.34. The summed E-state index contributed by atoms with van der Waals surface area (Å²) < 4.78 is 28.5. The van der Waals surface area contributed by atoms with Crippen LogP contribution in [0.3, 0.4) is 0 Å². The molecule has 2 rings (SSSR count). The number of nitrogens with one attached hydrogen (secondary N) is 1. The molecule has 1 N–H and O–H groups in total. The number of hydrogen-bond acceptors (Lipinski definition) is 6. The van der Waals surface area contributed by atoms with Crippen molar-refractivity contribution in [2.75, 3.05) is 25.6 Å². The van der Waals surface area contributed by atoms with Crippen LogP contribution in [0.15, 0.2) is 42.5 Å². The van der Waals surface area contributed by atoms with E-state index in [1.165, 1.54) is 37.4 Å². The predicted octanol–water partition coefficient (Wildman–Crippen LogP) is 3.52. The smallest absolute Gasteiger partial charge is 0.338 e. The first-order chi connectivity index (χ1) is 14.4. The number of halogens is 1. The monoisotopic (exact) mass is 417 g/mol. The average Bonchev–Trinajstić information content (AvgIpc) is 2.73.